The Morgan fingerprint density at radius 3 is 2.61 bits per heavy atom. The normalized spacial score (nSPS) is 10.8. The van der Waals surface area contributed by atoms with E-state index in [1.807, 2.05) is 59.4 Å². The number of nitrogens with zero attached hydrogens (tertiary/aromatic N) is 2. The van der Waals surface area contributed by atoms with Gasteiger partial charge in [-0.1, -0.05) is 35.9 Å². The van der Waals surface area contributed by atoms with Gasteiger partial charge in [0, 0.05) is 17.4 Å². The molecule has 114 valence electrons. The number of carbonyl (C=O) groups is 1. The highest BCUT2D eigenvalue weighted by Crippen LogP contribution is 2.14. The summed E-state index contributed by atoms with van der Waals surface area (Å²) in [7, 11) is 0. The Labute approximate surface area is 139 Å². The summed E-state index contributed by atoms with van der Waals surface area (Å²) in [6.45, 7) is 0. The van der Waals surface area contributed by atoms with Crippen LogP contribution >= 0.6 is 11.6 Å². The number of para-hydroxylation sites is 1. The minimum absolute atomic E-state index is 0.271. The first-order chi connectivity index (χ1) is 11.2. The van der Waals surface area contributed by atoms with Crippen molar-refractivity contribution in [2.45, 2.75) is 0 Å². The van der Waals surface area contributed by atoms with Crippen LogP contribution in [0.5, 0.6) is 0 Å². The van der Waals surface area contributed by atoms with Gasteiger partial charge in [-0.2, -0.15) is 5.10 Å². The fraction of sp³-hybridized carbons (Fsp3) is 0. The van der Waals surface area contributed by atoms with Crippen molar-refractivity contribution in [3.63, 3.8) is 0 Å². The minimum Gasteiger partial charge on any atom is -0.323 e. The van der Waals surface area contributed by atoms with E-state index in [2.05, 4.69) is 10.5 Å². The molecule has 0 aliphatic heterocycles. The van der Waals surface area contributed by atoms with E-state index in [1.54, 1.807) is 24.4 Å². The molecule has 1 heterocycles. The first-order valence-electron chi connectivity index (χ1n) is 7.05. The molecule has 2 aromatic carbocycles. The number of carbonyl (C=O) groups excluding carboxylic acids is 1. The van der Waals surface area contributed by atoms with Crippen LogP contribution in [0.3, 0.4) is 0 Å². The maximum Gasteiger partial charge on any atom is 0.273 e. The Hall–Kier alpha value is -2.85. The molecule has 1 amide bonds. The Morgan fingerprint density at radius 1 is 1.04 bits per heavy atom. The van der Waals surface area contributed by atoms with Crippen LogP contribution in [0.4, 0.5) is 0 Å². The Balaban J connectivity index is 1.77. The van der Waals surface area contributed by atoms with Crippen LogP contribution in [0.25, 0.3) is 5.69 Å². The highest BCUT2D eigenvalue weighted by atomic mass is 35.5. The zero-order valence-electron chi connectivity index (χ0n) is 12.2. The van der Waals surface area contributed by atoms with E-state index in [4.69, 9.17) is 11.6 Å². The predicted octanol–water partition coefficient (Wildman–Crippen LogP) is 3.89. The molecule has 0 fully saturated rings. The number of hydrogen-bond acceptors (Lipinski definition) is 2. The molecule has 0 aliphatic rings. The van der Waals surface area contributed by atoms with Crippen molar-refractivity contribution in [3.05, 3.63) is 89.2 Å². The van der Waals surface area contributed by atoms with Gasteiger partial charge in [-0.05, 0) is 42.0 Å². The van der Waals surface area contributed by atoms with Crippen LogP contribution in [0.2, 0.25) is 5.02 Å². The second kappa shape index (κ2) is 6.94. The van der Waals surface area contributed by atoms with Crippen LogP contribution in [0.1, 0.15) is 15.9 Å². The summed E-state index contributed by atoms with van der Waals surface area (Å²) in [6, 6.07) is 18.4. The van der Waals surface area contributed by atoms with Crippen LogP contribution in [0, 0.1) is 0 Å². The van der Waals surface area contributed by atoms with E-state index in [9.17, 15) is 4.79 Å². The summed E-state index contributed by atoms with van der Waals surface area (Å²) in [5, 5.41) is 4.61. The molecular formula is C18H14ClN3O. The molecule has 3 rings (SSSR count). The number of amides is 1. The van der Waals surface area contributed by atoms with Crippen molar-refractivity contribution in [2.24, 2.45) is 5.10 Å². The molecule has 0 radical (unpaired) electrons. The van der Waals surface area contributed by atoms with Crippen LogP contribution in [-0.2, 0) is 0 Å². The van der Waals surface area contributed by atoms with Crippen LogP contribution < -0.4 is 5.43 Å². The molecular weight excluding hydrogens is 310 g/mol. The number of rotatable bonds is 4. The lowest BCUT2D eigenvalue weighted by Gasteiger charge is -2.08. The fourth-order valence-electron chi connectivity index (χ4n) is 2.20. The van der Waals surface area contributed by atoms with Gasteiger partial charge in [-0.15, -0.1) is 0 Å². The monoisotopic (exact) mass is 323 g/mol. The lowest BCUT2D eigenvalue weighted by molar-refractivity contribution is 0.0955. The Kier molecular flexibility index (Phi) is 4.54. The molecule has 0 saturated heterocycles. The lowest BCUT2D eigenvalue weighted by atomic mass is 10.1. The molecule has 4 nitrogen and oxygen atoms in total. The van der Waals surface area contributed by atoms with Crippen molar-refractivity contribution in [2.75, 3.05) is 0 Å². The third-order valence-corrected chi connectivity index (χ3v) is 3.49. The smallest absolute Gasteiger partial charge is 0.273 e. The van der Waals surface area contributed by atoms with Gasteiger partial charge >= 0.3 is 0 Å². The molecule has 0 saturated carbocycles. The first-order valence-corrected chi connectivity index (χ1v) is 7.43. The highest BCUT2D eigenvalue weighted by molar-refractivity contribution is 6.30. The average Bonchev–Trinajstić information content (AvgIpc) is 3.09. The first kappa shape index (κ1) is 15.1. The van der Waals surface area contributed by atoms with Gasteiger partial charge in [0.25, 0.3) is 5.91 Å². The maximum atomic E-state index is 12.4. The highest BCUT2D eigenvalue weighted by Gasteiger charge is 2.10. The summed E-state index contributed by atoms with van der Waals surface area (Å²) in [5.74, 6) is -0.271. The summed E-state index contributed by atoms with van der Waals surface area (Å²) < 4.78 is 1.88. The number of hydrogen-bond donors (Lipinski definition) is 1. The summed E-state index contributed by atoms with van der Waals surface area (Å²) in [4.78, 5) is 12.4. The maximum absolute atomic E-state index is 12.4. The number of benzene rings is 2. The number of aromatic nitrogens is 1. The zero-order chi connectivity index (χ0) is 16.1. The van der Waals surface area contributed by atoms with Gasteiger partial charge in [-0.25, -0.2) is 5.43 Å². The molecule has 0 bridgehead atoms. The second-order valence-electron chi connectivity index (χ2n) is 4.86. The van der Waals surface area contributed by atoms with Crippen molar-refractivity contribution < 1.29 is 4.79 Å². The lowest BCUT2D eigenvalue weighted by Crippen LogP contribution is -2.19. The van der Waals surface area contributed by atoms with Gasteiger partial charge in [0.1, 0.15) is 0 Å². The van der Waals surface area contributed by atoms with Crippen molar-refractivity contribution in [1.82, 2.24) is 9.99 Å². The largest absolute Gasteiger partial charge is 0.323 e. The third kappa shape index (κ3) is 3.67. The minimum atomic E-state index is -0.271. The van der Waals surface area contributed by atoms with Crippen LogP contribution in [0.15, 0.2) is 78.2 Å². The van der Waals surface area contributed by atoms with E-state index in [-0.39, 0.29) is 5.91 Å². The molecule has 0 spiro atoms. The summed E-state index contributed by atoms with van der Waals surface area (Å²) >= 11 is 5.91. The van der Waals surface area contributed by atoms with E-state index >= 15 is 0 Å². The second-order valence-corrected chi connectivity index (χ2v) is 5.30. The number of nitrogens with one attached hydrogen (secondary N) is 1. The molecule has 0 unspecified atom stereocenters. The number of hydrazone groups is 1. The molecule has 1 N–H and O–H groups in total. The van der Waals surface area contributed by atoms with Crippen LogP contribution in [-0.4, -0.2) is 16.7 Å². The SMILES string of the molecule is O=C(N/N=C\c1cccc(Cl)c1)c1ccccc1-n1cccc1. The zero-order valence-corrected chi connectivity index (χ0v) is 12.9. The number of halogens is 1. The average molecular weight is 324 g/mol. The topological polar surface area (TPSA) is 46.4 Å². The standard InChI is InChI=1S/C18H14ClN3O/c19-15-7-5-6-14(12-15)13-20-21-18(23)16-8-1-2-9-17(16)22-10-3-4-11-22/h1-13H,(H,21,23)/b20-13-. The molecule has 1 aromatic heterocycles. The third-order valence-electron chi connectivity index (χ3n) is 3.26. The van der Waals surface area contributed by atoms with E-state index in [0.29, 0.717) is 10.6 Å². The van der Waals surface area contributed by atoms with Gasteiger partial charge < -0.3 is 4.57 Å². The fourth-order valence-corrected chi connectivity index (χ4v) is 2.40. The molecule has 23 heavy (non-hydrogen) atoms. The van der Waals surface area contributed by atoms with Crippen molar-refractivity contribution in [1.29, 1.82) is 0 Å². The molecule has 3 aromatic rings. The predicted molar refractivity (Wildman–Crippen MR) is 92.3 cm³/mol. The van der Waals surface area contributed by atoms with E-state index in [0.717, 1.165) is 11.3 Å². The Morgan fingerprint density at radius 2 is 1.83 bits per heavy atom. The van der Waals surface area contributed by atoms with Gasteiger partial charge in [-0.3, -0.25) is 4.79 Å². The van der Waals surface area contributed by atoms with Gasteiger partial charge in [0.2, 0.25) is 0 Å². The van der Waals surface area contributed by atoms with Gasteiger partial charge in [0.15, 0.2) is 0 Å². The molecule has 0 aliphatic carbocycles. The van der Waals surface area contributed by atoms with Crippen molar-refractivity contribution >= 4 is 23.7 Å². The molecule has 5 heteroatoms. The van der Waals surface area contributed by atoms with E-state index < -0.39 is 0 Å². The van der Waals surface area contributed by atoms with E-state index in [1.165, 1.54) is 0 Å². The summed E-state index contributed by atoms with van der Waals surface area (Å²) in [6.07, 6.45) is 5.34. The van der Waals surface area contributed by atoms with Crippen molar-refractivity contribution in [3.8, 4) is 5.69 Å². The summed E-state index contributed by atoms with van der Waals surface area (Å²) in [5.41, 5.74) is 4.71. The van der Waals surface area contributed by atoms with Gasteiger partial charge in [0.05, 0.1) is 17.5 Å². The quantitative estimate of drug-likeness (QED) is 0.574. The molecule has 0 atom stereocenters. The Bertz CT molecular complexity index is 841.